The van der Waals surface area contributed by atoms with Crippen molar-refractivity contribution in [1.82, 2.24) is 4.90 Å². The van der Waals surface area contributed by atoms with Crippen LogP contribution in [0.3, 0.4) is 0 Å². The topological polar surface area (TPSA) is 46.3 Å². The summed E-state index contributed by atoms with van der Waals surface area (Å²) in [6, 6.07) is 16.3. The molecule has 4 heteroatoms. The molecular weight excluding hydrogens is 320 g/mol. The first-order chi connectivity index (χ1) is 11.5. The fraction of sp³-hybridized carbons (Fsp3) is 0.350. The van der Waals surface area contributed by atoms with E-state index in [-0.39, 0.29) is 18.0 Å². The van der Waals surface area contributed by atoms with E-state index >= 15 is 0 Å². The smallest absolute Gasteiger partial charge is 0.223 e. The number of amides is 1. The van der Waals surface area contributed by atoms with Gasteiger partial charge in [0.2, 0.25) is 5.91 Å². The Hall–Kier alpha value is -1.84. The largest absolute Gasteiger partial charge is 0.331 e. The summed E-state index contributed by atoms with van der Waals surface area (Å²) >= 11 is 6.14. The van der Waals surface area contributed by atoms with Gasteiger partial charge in [-0.1, -0.05) is 48.0 Å². The van der Waals surface area contributed by atoms with Crippen LogP contribution in [0.1, 0.15) is 42.5 Å². The van der Waals surface area contributed by atoms with Gasteiger partial charge in [-0.15, -0.1) is 0 Å². The van der Waals surface area contributed by atoms with Crippen molar-refractivity contribution < 1.29 is 4.79 Å². The lowest BCUT2D eigenvalue weighted by Crippen LogP contribution is -2.39. The zero-order chi connectivity index (χ0) is 17.1. The van der Waals surface area contributed by atoms with Gasteiger partial charge in [-0.2, -0.15) is 0 Å². The van der Waals surface area contributed by atoms with Gasteiger partial charge in [0.15, 0.2) is 0 Å². The normalized spacial score (nSPS) is 18.1. The number of nitrogens with zero attached hydrogens (tertiary/aromatic N) is 1. The van der Waals surface area contributed by atoms with Crippen molar-refractivity contribution in [2.24, 2.45) is 5.73 Å². The summed E-state index contributed by atoms with van der Waals surface area (Å²) in [7, 11) is 0. The van der Waals surface area contributed by atoms with E-state index in [9.17, 15) is 4.79 Å². The maximum atomic E-state index is 12.8. The van der Waals surface area contributed by atoms with Crippen molar-refractivity contribution in [1.29, 1.82) is 0 Å². The van der Waals surface area contributed by atoms with Gasteiger partial charge >= 0.3 is 0 Å². The molecule has 0 spiro atoms. The van der Waals surface area contributed by atoms with Crippen molar-refractivity contribution >= 4 is 17.5 Å². The van der Waals surface area contributed by atoms with E-state index in [0.717, 1.165) is 17.0 Å². The van der Waals surface area contributed by atoms with Crippen LogP contribution in [0.5, 0.6) is 0 Å². The van der Waals surface area contributed by atoms with Crippen molar-refractivity contribution in [2.75, 3.05) is 0 Å². The van der Waals surface area contributed by atoms with Crippen LogP contribution in [0, 0.1) is 0 Å². The van der Waals surface area contributed by atoms with E-state index in [1.165, 1.54) is 11.1 Å². The Morgan fingerprint density at radius 3 is 2.71 bits per heavy atom. The second kappa shape index (κ2) is 7.37. The molecule has 24 heavy (non-hydrogen) atoms. The quantitative estimate of drug-likeness (QED) is 0.909. The van der Waals surface area contributed by atoms with Crippen LogP contribution in [0.4, 0.5) is 0 Å². The van der Waals surface area contributed by atoms with Gasteiger partial charge in [0.05, 0.1) is 6.04 Å². The van der Waals surface area contributed by atoms with Crippen molar-refractivity contribution in [2.45, 2.75) is 44.8 Å². The standard InChI is InChI=1S/C20H23ClN2O/c1-14(22)7-10-20(24)23-13-17-11-18(21)9-8-16(17)12-19(23)15-5-3-2-4-6-15/h2-6,8-9,11,14,19H,7,10,12-13,22H2,1H3. The fourth-order valence-corrected chi connectivity index (χ4v) is 3.48. The lowest BCUT2D eigenvalue weighted by Gasteiger charge is -2.37. The monoisotopic (exact) mass is 342 g/mol. The summed E-state index contributed by atoms with van der Waals surface area (Å²) in [6.07, 6.45) is 2.01. The van der Waals surface area contributed by atoms with Crippen molar-refractivity contribution in [3.05, 3.63) is 70.2 Å². The summed E-state index contributed by atoms with van der Waals surface area (Å²) in [4.78, 5) is 14.8. The number of hydrogen-bond acceptors (Lipinski definition) is 2. The molecule has 2 aromatic rings. The second-order valence-electron chi connectivity index (χ2n) is 6.58. The third kappa shape index (κ3) is 3.80. The highest BCUT2D eigenvalue weighted by Crippen LogP contribution is 2.34. The molecule has 0 radical (unpaired) electrons. The highest BCUT2D eigenvalue weighted by molar-refractivity contribution is 6.30. The minimum Gasteiger partial charge on any atom is -0.331 e. The molecule has 0 saturated heterocycles. The zero-order valence-electron chi connectivity index (χ0n) is 13.9. The average Bonchev–Trinajstić information content (AvgIpc) is 2.59. The molecule has 3 rings (SSSR count). The van der Waals surface area contributed by atoms with Gasteiger partial charge in [-0.25, -0.2) is 0 Å². The van der Waals surface area contributed by atoms with E-state index in [1.807, 2.05) is 42.2 Å². The molecule has 0 saturated carbocycles. The molecule has 2 N–H and O–H groups in total. The number of benzene rings is 2. The first kappa shape index (κ1) is 17.0. The Bertz CT molecular complexity index is 715. The SMILES string of the molecule is CC(N)CCC(=O)N1Cc2cc(Cl)ccc2CC1c1ccccc1. The fourth-order valence-electron chi connectivity index (χ4n) is 3.28. The lowest BCUT2D eigenvalue weighted by atomic mass is 9.89. The Balaban J connectivity index is 1.91. The molecule has 1 aliphatic heterocycles. The van der Waals surface area contributed by atoms with Crippen LogP contribution >= 0.6 is 11.6 Å². The first-order valence-corrected chi connectivity index (χ1v) is 8.79. The second-order valence-corrected chi connectivity index (χ2v) is 7.02. The predicted molar refractivity (Wildman–Crippen MR) is 97.8 cm³/mol. The molecule has 2 unspecified atom stereocenters. The zero-order valence-corrected chi connectivity index (χ0v) is 14.7. The number of fused-ring (bicyclic) bond motifs is 1. The van der Waals surface area contributed by atoms with Gasteiger partial charge in [0, 0.05) is 24.0 Å². The molecular formula is C20H23ClN2O. The van der Waals surface area contributed by atoms with Crippen LogP contribution in [0.2, 0.25) is 5.02 Å². The van der Waals surface area contributed by atoms with E-state index in [1.54, 1.807) is 0 Å². The molecule has 0 aromatic heterocycles. The molecule has 1 amide bonds. The third-order valence-electron chi connectivity index (χ3n) is 4.62. The summed E-state index contributed by atoms with van der Waals surface area (Å²) in [5, 5.41) is 0.717. The Morgan fingerprint density at radius 1 is 1.25 bits per heavy atom. The maximum Gasteiger partial charge on any atom is 0.223 e. The van der Waals surface area contributed by atoms with Crippen LogP contribution in [0.25, 0.3) is 0 Å². The molecule has 0 fully saturated rings. The van der Waals surface area contributed by atoms with E-state index < -0.39 is 0 Å². The summed E-state index contributed by atoms with van der Waals surface area (Å²) in [6.45, 7) is 2.54. The third-order valence-corrected chi connectivity index (χ3v) is 4.85. The number of rotatable bonds is 4. The predicted octanol–water partition coefficient (Wildman–Crippen LogP) is 4.09. The summed E-state index contributed by atoms with van der Waals surface area (Å²) in [5.74, 6) is 0.159. The minimum absolute atomic E-state index is 0.0376. The molecule has 2 atom stereocenters. The Kier molecular flexibility index (Phi) is 5.22. The Morgan fingerprint density at radius 2 is 2.00 bits per heavy atom. The van der Waals surface area contributed by atoms with Gasteiger partial charge in [0.1, 0.15) is 0 Å². The molecule has 3 nitrogen and oxygen atoms in total. The summed E-state index contributed by atoms with van der Waals surface area (Å²) in [5.41, 5.74) is 9.41. The minimum atomic E-state index is 0.0376. The van der Waals surface area contributed by atoms with E-state index in [0.29, 0.717) is 19.4 Å². The molecule has 0 bridgehead atoms. The van der Waals surface area contributed by atoms with Crippen LogP contribution in [0.15, 0.2) is 48.5 Å². The number of hydrogen-bond donors (Lipinski definition) is 1. The van der Waals surface area contributed by atoms with Crippen LogP contribution < -0.4 is 5.73 Å². The van der Waals surface area contributed by atoms with Gasteiger partial charge in [-0.05, 0) is 48.6 Å². The number of nitrogens with two attached hydrogens (primary N) is 1. The van der Waals surface area contributed by atoms with Gasteiger partial charge < -0.3 is 10.6 Å². The molecule has 0 aliphatic carbocycles. The number of carbonyl (C=O) groups is 1. The maximum absolute atomic E-state index is 12.8. The lowest BCUT2D eigenvalue weighted by molar-refractivity contribution is -0.135. The number of halogens is 1. The highest BCUT2D eigenvalue weighted by atomic mass is 35.5. The van der Waals surface area contributed by atoms with Crippen LogP contribution in [-0.2, 0) is 17.8 Å². The van der Waals surface area contributed by atoms with Gasteiger partial charge in [-0.3, -0.25) is 4.79 Å². The summed E-state index contributed by atoms with van der Waals surface area (Å²) < 4.78 is 0. The van der Waals surface area contributed by atoms with E-state index in [2.05, 4.69) is 18.2 Å². The molecule has 1 aliphatic rings. The average molecular weight is 343 g/mol. The van der Waals surface area contributed by atoms with Crippen molar-refractivity contribution in [3.8, 4) is 0 Å². The van der Waals surface area contributed by atoms with Crippen LogP contribution in [-0.4, -0.2) is 16.8 Å². The molecule has 1 heterocycles. The van der Waals surface area contributed by atoms with E-state index in [4.69, 9.17) is 17.3 Å². The highest BCUT2D eigenvalue weighted by Gasteiger charge is 2.30. The molecule has 2 aromatic carbocycles. The number of carbonyl (C=O) groups excluding carboxylic acids is 1. The van der Waals surface area contributed by atoms with Gasteiger partial charge in [0.25, 0.3) is 0 Å². The molecule has 126 valence electrons. The Labute approximate surface area is 148 Å². The van der Waals surface area contributed by atoms with Crippen molar-refractivity contribution in [3.63, 3.8) is 0 Å². The first-order valence-electron chi connectivity index (χ1n) is 8.42.